The van der Waals surface area contributed by atoms with Gasteiger partial charge in [0.15, 0.2) is 0 Å². The average Bonchev–Trinajstić information content (AvgIpc) is 2.65. The summed E-state index contributed by atoms with van der Waals surface area (Å²) in [7, 11) is 1.91. The molecule has 0 unspecified atom stereocenters. The topological polar surface area (TPSA) is 51.6 Å². The predicted octanol–water partition coefficient (Wildman–Crippen LogP) is 0.628. The van der Waals surface area contributed by atoms with Crippen LogP contribution in [0.1, 0.15) is 6.42 Å². The number of hydrogen-bond acceptors (Lipinski definition) is 5. The van der Waals surface area contributed by atoms with Gasteiger partial charge in [-0.3, -0.25) is 9.88 Å². The zero-order valence-electron chi connectivity index (χ0n) is 11.0. The number of aliphatic hydroxyl groups excluding tert-OH is 1. The van der Waals surface area contributed by atoms with Crippen LogP contribution in [0, 0.1) is 0 Å². The molecule has 0 amide bonds. The molecule has 0 spiro atoms. The monoisotopic (exact) mass is 250 g/mol. The van der Waals surface area contributed by atoms with Crippen LogP contribution in [0.3, 0.4) is 0 Å². The van der Waals surface area contributed by atoms with Crippen molar-refractivity contribution in [3.8, 4) is 0 Å². The molecule has 1 fully saturated rings. The Bertz CT molecular complexity index is 372. The van der Waals surface area contributed by atoms with Gasteiger partial charge in [0.25, 0.3) is 0 Å². The van der Waals surface area contributed by atoms with Gasteiger partial charge in [0.05, 0.1) is 30.4 Å². The Morgan fingerprint density at radius 1 is 1.28 bits per heavy atom. The predicted molar refractivity (Wildman–Crippen MR) is 74.1 cm³/mol. The Morgan fingerprint density at radius 3 is 2.94 bits per heavy atom. The minimum Gasteiger partial charge on any atom is -0.395 e. The van der Waals surface area contributed by atoms with E-state index in [9.17, 15) is 0 Å². The highest BCUT2D eigenvalue weighted by Gasteiger charge is 2.15. The number of pyridine rings is 1. The van der Waals surface area contributed by atoms with Crippen LogP contribution in [-0.4, -0.2) is 61.4 Å². The van der Waals surface area contributed by atoms with Crippen molar-refractivity contribution in [2.75, 3.05) is 56.6 Å². The third kappa shape index (κ3) is 3.34. The van der Waals surface area contributed by atoms with Crippen molar-refractivity contribution in [1.29, 1.82) is 0 Å². The van der Waals surface area contributed by atoms with Crippen LogP contribution in [0.4, 0.5) is 11.4 Å². The number of nitrogens with zero attached hydrogens (tertiary/aromatic N) is 3. The smallest absolute Gasteiger partial charge is 0.0573 e. The molecule has 1 aliphatic rings. The van der Waals surface area contributed by atoms with Crippen LogP contribution >= 0.6 is 0 Å². The SMILES string of the molecule is CNc1cncc(N2CCCN(CCO)CC2)c1. The van der Waals surface area contributed by atoms with Gasteiger partial charge in [-0.2, -0.15) is 0 Å². The summed E-state index contributed by atoms with van der Waals surface area (Å²) in [6, 6.07) is 2.13. The molecule has 0 aliphatic carbocycles. The van der Waals surface area contributed by atoms with Gasteiger partial charge >= 0.3 is 0 Å². The molecule has 2 N–H and O–H groups in total. The number of rotatable bonds is 4. The summed E-state index contributed by atoms with van der Waals surface area (Å²) in [4.78, 5) is 8.94. The first-order valence-corrected chi connectivity index (χ1v) is 6.54. The summed E-state index contributed by atoms with van der Waals surface area (Å²) < 4.78 is 0. The van der Waals surface area contributed by atoms with E-state index in [0.717, 1.165) is 44.8 Å². The lowest BCUT2D eigenvalue weighted by atomic mass is 10.3. The molecule has 0 atom stereocenters. The van der Waals surface area contributed by atoms with Crippen LogP contribution in [0.2, 0.25) is 0 Å². The summed E-state index contributed by atoms with van der Waals surface area (Å²) >= 11 is 0. The summed E-state index contributed by atoms with van der Waals surface area (Å²) in [6.45, 7) is 5.14. The lowest BCUT2D eigenvalue weighted by molar-refractivity contribution is 0.204. The first kappa shape index (κ1) is 13.1. The fourth-order valence-corrected chi connectivity index (χ4v) is 2.33. The lowest BCUT2D eigenvalue weighted by Crippen LogP contribution is -2.32. The summed E-state index contributed by atoms with van der Waals surface area (Å²) in [5.74, 6) is 0. The van der Waals surface area contributed by atoms with Crippen molar-refractivity contribution >= 4 is 11.4 Å². The third-order valence-electron chi connectivity index (χ3n) is 3.38. The van der Waals surface area contributed by atoms with E-state index >= 15 is 0 Å². The van der Waals surface area contributed by atoms with Crippen molar-refractivity contribution in [2.45, 2.75) is 6.42 Å². The molecule has 1 saturated heterocycles. The van der Waals surface area contributed by atoms with Gasteiger partial charge in [-0.15, -0.1) is 0 Å². The molecule has 5 heteroatoms. The van der Waals surface area contributed by atoms with E-state index < -0.39 is 0 Å². The van der Waals surface area contributed by atoms with Crippen LogP contribution in [-0.2, 0) is 0 Å². The normalized spacial score (nSPS) is 17.6. The molecule has 2 heterocycles. The molecule has 18 heavy (non-hydrogen) atoms. The second kappa shape index (κ2) is 6.56. The molecule has 5 nitrogen and oxygen atoms in total. The molecule has 1 aromatic heterocycles. The van der Waals surface area contributed by atoms with Crippen molar-refractivity contribution < 1.29 is 5.11 Å². The number of anilines is 2. The largest absolute Gasteiger partial charge is 0.395 e. The quantitative estimate of drug-likeness (QED) is 0.821. The number of nitrogens with one attached hydrogen (secondary N) is 1. The highest BCUT2D eigenvalue weighted by atomic mass is 16.3. The van der Waals surface area contributed by atoms with E-state index in [0.29, 0.717) is 0 Å². The summed E-state index contributed by atoms with van der Waals surface area (Å²) in [5, 5.41) is 12.1. The summed E-state index contributed by atoms with van der Waals surface area (Å²) in [6.07, 6.45) is 4.88. The van der Waals surface area contributed by atoms with Crippen molar-refractivity contribution in [3.63, 3.8) is 0 Å². The number of β-amino-alcohol motifs (C(OH)–C–C–N with tert-alkyl or cyclic N) is 1. The van der Waals surface area contributed by atoms with Crippen LogP contribution in [0.25, 0.3) is 0 Å². The molecular weight excluding hydrogens is 228 g/mol. The first-order chi connectivity index (χ1) is 8.83. The Balaban J connectivity index is 2.00. The molecule has 0 radical (unpaired) electrons. The van der Waals surface area contributed by atoms with E-state index in [-0.39, 0.29) is 6.61 Å². The van der Waals surface area contributed by atoms with Gasteiger partial charge in [0.1, 0.15) is 0 Å². The van der Waals surface area contributed by atoms with Crippen LogP contribution in [0.15, 0.2) is 18.5 Å². The fourth-order valence-electron chi connectivity index (χ4n) is 2.33. The molecule has 0 bridgehead atoms. The fraction of sp³-hybridized carbons (Fsp3) is 0.615. The van der Waals surface area contributed by atoms with Gasteiger partial charge in [-0.05, 0) is 19.0 Å². The highest BCUT2D eigenvalue weighted by Crippen LogP contribution is 2.19. The van der Waals surface area contributed by atoms with E-state index in [2.05, 4.69) is 26.2 Å². The Kier molecular flexibility index (Phi) is 4.78. The third-order valence-corrected chi connectivity index (χ3v) is 3.38. The van der Waals surface area contributed by atoms with Crippen molar-refractivity contribution in [2.24, 2.45) is 0 Å². The molecule has 2 rings (SSSR count). The maximum absolute atomic E-state index is 8.99. The second-order valence-electron chi connectivity index (χ2n) is 4.59. The molecule has 100 valence electrons. The lowest BCUT2D eigenvalue weighted by Gasteiger charge is -2.23. The van der Waals surface area contributed by atoms with E-state index in [1.165, 1.54) is 5.69 Å². The second-order valence-corrected chi connectivity index (χ2v) is 4.59. The Hall–Kier alpha value is -1.33. The molecule has 0 saturated carbocycles. The van der Waals surface area contributed by atoms with Crippen LogP contribution in [0.5, 0.6) is 0 Å². The zero-order valence-corrected chi connectivity index (χ0v) is 11.0. The van der Waals surface area contributed by atoms with Crippen molar-refractivity contribution in [3.05, 3.63) is 18.5 Å². The number of hydrogen-bond donors (Lipinski definition) is 2. The minimum absolute atomic E-state index is 0.247. The average molecular weight is 250 g/mol. The van der Waals surface area contributed by atoms with Gasteiger partial charge in [0.2, 0.25) is 0 Å². The maximum Gasteiger partial charge on any atom is 0.0573 e. The Labute approximate surface area is 108 Å². The zero-order chi connectivity index (χ0) is 12.8. The molecular formula is C13H22N4O. The van der Waals surface area contributed by atoms with Gasteiger partial charge in [-0.1, -0.05) is 0 Å². The van der Waals surface area contributed by atoms with E-state index in [1.807, 2.05) is 19.4 Å². The van der Waals surface area contributed by atoms with Gasteiger partial charge < -0.3 is 15.3 Å². The number of aliphatic hydroxyl groups is 1. The van der Waals surface area contributed by atoms with Gasteiger partial charge in [-0.25, -0.2) is 0 Å². The van der Waals surface area contributed by atoms with E-state index in [1.54, 1.807) is 0 Å². The van der Waals surface area contributed by atoms with E-state index in [4.69, 9.17) is 5.11 Å². The highest BCUT2D eigenvalue weighted by molar-refractivity contribution is 5.55. The summed E-state index contributed by atoms with van der Waals surface area (Å²) in [5.41, 5.74) is 2.22. The molecule has 0 aromatic carbocycles. The minimum atomic E-state index is 0.247. The molecule has 1 aromatic rings. The Morgan fingerprint density at radius 2 is 2.17 bits per heavy atom. The molecule has 1 aliphatic heterocycles. The standard InChI is InChI=1S/C13H22N4O/c1-14-12-9-13(11-15-10-12)17-4-2-3-16(5-6-17)7-8-18/h9-11,14,18H,2-8H2,1H3. The van der Waals surface area contributed by atoms with Gasteiger partial charge in [0, 0.05) is 33.2 Å². The first-order valence-electron chi connectivity index (χ1n) is 6.54. The van der Waals surface area contributed by atoms with Crippen LogP contribution < -0.4 is 10.2 Å². The maximum atomic E-state index is 8.99. The number of aromatic nitrogens is 1. The van der Waals surface area contributed by atoms with Crippen molar-refractivity contribution in [1.82, 2.24) is 9.88 Å².